The molecule has 0 aromatic heterocycles. The van der Waals surface area contributed by atoms with Gasteiger partial charge in [-0.15, -0.1) is 0 Å². The van der Waals surface area contributed by atoms with Crippen molar-refractivity contribution < 1.29 is 23.9 Å². The monoisotopic (exact) mass is 422 g/mol. The summed E-state index contributed by atoms with van der Waals surface area (Å²) in [6.45, 7) is 1.45. The van der Waals surface area contributed by atoms with E-state index in [0.29, 0.717) is 45.4 Å². The summed E-state index contributed by atoms with van der Waals surface area (Å²) in [6, 6.07) is 17.7. The average Bonchev–Trinajstić information content (AvgIpc) is 3.15. The highest BCUT2D eigenvalue weighted by Gasteiger charge is 2.38. The standard InChI is InChI=1S/C24H26N2O5/c27-22(25-14-12-20(13-15-25)26-23(28)17-31-24(26)29)11-8-18-6-9-21(10-7-18)30-16-19-4-2-1-3-5-19/h1-7,9-10,20H,8,11-17H2. The summed E-state index contributed by atoms with van der Waals surface area (Å²) in [5.74, 6) is 0.611. The molecule has 0 unspecified atom stereocenters. The third-order valence-electron chi connectivity index (χ3n) is 5.77. The largest absolute Gasteiger partial charge is 0.489 e. The molecular weight excluding hydrogens is 396 g/mol. The van der Waals surface area contributed by atoms with E-state index in [0.717, 1.165) is 16.9 Å². The van der Waals surface area contributed by atoms with Crippen molar-refractivity contribution in [3.8, 4) is 5.75 Å². The predicted molar refractivity (Wildman–Crippen MR) is 113 cm³/mol. The van der Waals surface area contributed by atoms with Crippen LogP contribution in [0.15, 0.2) is 54.6 Å². The van der Waals surface area contributed by atoms with E-state index in [1.165, 1.54) is 4.90 Å². The topological polar surface area (TPSA) is 76.2 Å². The zero-order chi connectivity index (χ0) is 21.6. The Morgan fingerprint density at radius 3 is 2.32 bits per heavy atom. The average molecular weight is 422 g/mol. The minimum atomic E-state index is -0.564. The van der Waals surface area contributed by atoms with Crippen LogP contribution in [0.2, 0.25) is 0 Å². The molecule has 2 aromatic rings. The van der Waals surface area contributed by atoms with E-state index >= 15 is 0 Å². The molecule has 0 aliphatic carbocycles. The molecule has 0 N–H and O–H groups in total. The number of benzene rings is 2. The van der Waals surface area contributed by atoms with Crippen LogP contribution in [0.3, 0.4) is 0 Å². The van der Waals surface area contributed by atoms with Gasteiger partial charge in [0.15, 0.2) is 6.61 Å². The molecule has 31 heavy (non-hydrogen) atoms. The van der Waals surface area contributed by atoms with Crippen molar-refractivity contribution in [3.05, 3.63) is 65.7 Å². The minimum absolute atomic E-state index is 0.0955. The van der Waals surface area contributed by atoms with E-state index in [1.807, 2.05) is 59.5 Å². The van der Waals surface area contributed by atoms with Gasteiger partial charge in [0.05, 0.1) is 0 Å². The smallest absolute Gasteiger partial charge is 0.417 e. The Kier molecular flexibility index (Phi) is 6.50. The predicted octanol–water partition coefficient (Wildman–Crippen LogP) is 3.17. The van der Waals surface area contributed by atoms with Gasteiger partial charge in [-0.05, 0) is 42.5 Å². The van der Waals surface area contributed by atoms with E-state index in [-0.39, 0.29) is 24.5 Å². The number of hydrogen-bond acceptors (Lipinski definition) is 5. The van der Waals surface area contributed by atoms with Crippen LogP contribution in [-0.2, 0) is 27.4 Å². The number of hydrogen-bond donors (Lipinski definition) is 0. The van der Waals surface area contributed by atoms with Crippen LogP contribution in [0.4, 0.5) is 4.79 Å². The number of carbonyl (C=O) groups is 3. The fourth-order valence-corrected chi connectivity index (χ4v) is 3.99. The summed E-state index contributed by atoms with van der Waals surface area (Å²) in [6.07, 6.45) is 1.72. The number of nitrogens with zero attached hydrogens (tertiary/aromatic N) is 2. The highest BCUT2D eigenvalue weighted by atomic mass is 16.6. The van der Waals surface area contributed by atoms with E-state index < -0.39 is 6.09 Å². The Bertz CT molecular complexity index is 905. The van der Waals surface area contributed by atoms with Gasteiger partial charge in [0.1, 0.15) is 12.4 Å². The second kappa shape index (κ2) is 9.64. The van der Waals surface area contributed by atoms with Gasteiger partial charge >= 0.3 is 6.09 Å². The van der Waals surface area contributed by atoms with Crippen molar-refractivity contribution in [1.82, 2.24) is 9.80 Å². The minimum Gasteiger partial charge on any atom is -0.489 e. The zero-order valence-corrected chi connectivity index (χ0v) is 17.4. The highest BCUT2D eigenvalue weighted by Crippen LogP contribution is 2.22. The Balaban J connectivity index is 1.20. The van der Waals surface area contributed by atoms with Crippen LogP contribution in [0.25, 0.3) is 0 Å². The SMILES string of the molecule is O=C(CCc1ccc(OCc2ccccc2)cc1)N1CCC(N2C(=O)COC2=O)CC1. The lowest BCUT2D eigenvalue weighted by atomic mass is 10.0. The number of carbonyl (C=O) groups excluding carboxylic acids is 3. The van der Waals surface area contributed by atoms with Crippen molar-refractivity contribution >= 4 is 17.9 Å². The van der Waals surface area contributed by atoms with Crippen LogP contribution < -0.4 is 4.74 Å². The van der Waals surface area contributed by atoms with Crippen molar-refractivity contribution in [2.45, 2.75) is 38.3 Å². The molecule has 2 aliphatic heterocycles. The molecule has 3 amide bonds. The molecule has 0 spiro atoms. The number of rotatable bonds is 7. The number of piperidine rings is 1. The first kappa shape index (κ1) is 20.9. The lowest BCUT2D eigenvalue weighted by molar-refractivity contribution is -0.133. The van der Waals surface area contributed by atoms with Crippen LogP contribution in [0.5, 0.6) is 5.75 Å². The number of amides is 3. The van der Waals surface area contributed by atoms with Crippen molar-refractivity contribution in [2.75, 3.05) is 19.7 Å². The maximum Gasteiger partial charge on any atom is 0.417 e. The first-order valence-corrected chi connectivity index (χ1v) is 10.6. The second-order valence-electron chi connectivity index (χ2n) is 7.85. The molecule has 2 fully saturated rings. The molecule has 0 bridgehead atoms. The third kappa shape index (κ3) is 5.23. The molecule has 162 valence electrons. The number of ether oxygens (including phenoxy) is 2. The maximum atomic E-state index is 12.6. The number of cyclic esters (lactones) is 1. The third-order valence-corrected chi connectivity index (χ3v) is 5.77. The molecule has 2 aromatic carbocycles. The van der Waals surface area contributed by atoms with Crippen LogP contribution in [0.1, 0.15) is 30.4 Å². The Hall–Kier alpha value is -3.35. The van der Waals surface area contributed by atoms with Gasteiger partial charge in [-0.25, -0.2) is 9.69 Å². The van der Waals surface area contributed by atoms with Gasteiger partial charge in [-0.1, -0.05) is 42.5 Å². The van der Waals surface area contributed by atoms with Gasteiger partial charge in [0.2, 0.25) is 5.91 Å². The van der Waals surface area contributed by atoms with E-state index in [4.69, 9.17) is 9.47 Å². The lowest BCUT2D eigenvalue weighted by Gasteiger charge is -2.34. The Morgan fingerprint density at radius 1 is 0.968 bits per heavy atom. The number of imide groups is 1. The molecule has 0 radical (unpaired) electrons. The van der Waals surface area contributed by atoms with Crippen LogP contribution >= 0.6 is 0 Å². The van der Waals surface area contributed by atoms with Crippen LogP contribution in [-0.4, -0.2) is 53.4 Å². The van der Waals surface area contributed by atoms with Gasteiger partial charge < -0.3 is 14.4 Å². The number of likely N-dealkylation sites (tertiary alicyclic amines) is 1. The zero-order valence-electron chi connectivity index (χ0n) is 17.4. The fraction of sp³-hybridized carbons (Fsp3) is 0.375. The fourth-order valence-electron chi connectivity index (χ4n) is 3.99. The summed E-state index contributed by atoms with van der Waals surface area (Å²) in [7, 11) is 0. The van der Waals surface area contributed by atoms with Crippen molar-refractivity contribution in [1.29, 1.82) is 0 Å². The first-order valence-electron chi connectivity index (χ1n) is 10.6. The van der Waals surface area contributed by atoms with Gasteiger partial charge in [-0.2, -0.15) is 0 Å². The number of aryl methyl sites for hydroxylation is 1. The highest BCUT2D eigenvalue weighted by molar-refractivity contribution is 5.98. The summed E-state index contributed by atoms with van der Waals surface area (Å²) in [5.41, 5.74) is 2.20. The van der Waals surface area contributed by atoms with E-state index in [1.54, 1.807) is 0 Å². The van der Waals surface area contributed by atoms with Crippen molar-refractivity contribution in [2.24, 2.45) is 0 Å². The summed E-state index contributed by atoms with van der Waals surface area (Å²) >= 11 is 0. The molecule has 7 nitrogen and oxygen atoms in total. The molecule has 4 rings (SSSR count). The molecule has 0 atom stereocenters. The quantitative estimate of drug-likeness (QED) is 0.685. The Labute approximate surface area is 181 Å². The van der Waals surface area contributed by atoms with Crippen LogP contribution in [0, 0.1) is 0 Å². The normalized spacial score (nSPS) is 17.0. The molecule has 2 aliphatic rings. The van der Waals surface area contributed by atoms with E-state index in [9.17, 15) is 14.4 Å². The van der Waals surface area contributed by atoms with Gasteiger partial charge in [0.25, 0.3) is 5.91 Å². The molecule has 2 saturated heterocycles. The summed E-state index contributed by atoms with van der Waals surface area (Å²) in [4.78, 5) is 39.1. The second-order valence-corrected chi connectivity index (χ2v) is 7.85. The molecule has 0 saturated carbocycles. The van der Waals surface area contributed by atoms with Crippen molar-refractivity contribution in [3.63, 3.8) is 0 Å². The summed E-state index contributed by atoms with van der Waals surface area (Å²) in [5, 5.41) is 0. The van der Waals surface area contributed by atoms with Gasteiger partial charge in [-0.3, -0.25) is 9.59 Å². The lowest BCUT2D eigenvalue weighted by Crippen LogP contribution is -2.48. The first-order chi connectivity index (χ1) is 15.1. The van der Waals surface area contributed by atoms with E-state index in [2.05, 4.69) is 0 Å². The molecule has 7 heteroatoms. The summed E-state index contributed by atoms with van der Waals surface area (Å²) < 4.78 is 10.6. The molecular formula is C24H26N2O5. The molecule has 2 heterocycles. The van der Waals surface area contributed by atoms with Gasteiger partial charge in [0, 0.05) is 25.6 Å². The Morgan fingerprint density at radius 2 is 1.68 bits per heavy atom. The maximum absolute atomic E-state index is 12.6.